The third-order valence-corrected chi connectivity index (χ3v) is 3.05. The summed E-state index contributed by atoms with van der Waals surface area (Å²) in [7, 11) is 0. The molecular formula is C16H21FN4. The maximum atomic E-state index is 13.6. The fourth-order valence-corrected chi connectivity index (χ4v) is 1.99. The number of hydrogen-bond donors (Lipinski definition) is 2. The molecule has 1 aromatic heterocycles. The molecule has 1 heterocycles. The molecule has 2 rings (SSSR count). The summed E-state index contributed by atoms with van der Waals surface area (Å²) in [5.74, 6) is 2.01. The zero-order valence-electron chi connectivity index (χ0n) is 12.7. The second kappa shape index (κ2) is 7.02. The highest BCUT2D eigenvalue weighted by atomic mass is 19.1. The highest BCUT2D eigenvalue weighted by Gasteiger charge is 2.05. The Labute approximate surface area is 124 Å². The largest absolute Gasteiger partial charge is 0.370 e. The average molecular weight is 288 g/mol. The standard InChI is InChI=1S/C16H21FN4/c1-4-6-14-20-15(18-5-2)10-16(21-14)19-12-8-7-11(3)13(17)9-12/h7-10H,4-6H2,1-3H3,(H2,18,19,20,21). The first kappa shape index (κ1) is 15.2. The Morgan fingerprint density at radius 2 is 1.86 bits per heavy atom. The first-order valence-corrected chi connectivity index (χ1v) is 7.27. The van der Waals surface area contributed by atoms with E-state index >= 15 is 0 Å². The molecule has 2 aromatic rings. The summed E-state index contributed by atoms with van der Waals surface area (Å²) >= 11 is 0. The monoisotopic (exact) mass is 288 g/mol. The second-order valence-electron chi connectivity index (χ2n) is 4.92. The van der Waals surface area contributed by atoms with Crippen molar-refractivity contribution in [3.8, 4) is 0 Å². The van der Waals surface area contributed by atoms with Crippen LogP contribution in [0, 0.1) is 12.7 Å². The molecule has 0 aliphatic carbocycles. The number of anilines is 3. The van der Waals surface area contributed by atoms with Gasteiger partial charge in [-0.2, -0.15) is 0 Å². The van der Waals surface area contributed by atoms with E-state index in [0.29, 0.717) is 17.1 Å². The Morgan fingerprint density at radius 1 is 1.10 bits per heavy atom. The number of hydrogen-bond acceptors (Lipinski definition) is 4. The molecule has 0 bridgehead atoms. The Bertz CT molecular complexity index is 589. The van der Waals surface area contributed by atoms with Crippen LogP contribution in [-0.2, 0) is 6.42 Å². The maximum Gasteiger partial charge on any atom is 0.136 e. The van der Waals surface area contributed by atoms with Gasteiger partial charge in [-0.3, -0.25) is 0 Å². The number of aryl methyl sites for hydroxylation is 2. The molecule has 5 heteroatoms. The van der Waals surface area contributed by atoms with Crippen LogP contribution in [0.5, 0.6) is 0 Å². The summed E-state index contributed by atoms with van der Waals surface area (Å²) in [6.45, 7) is 6.64. The molecule has 0 radical (unpaired) electrons. The van der Waals surface area contributed by atoms with Crippen molar-refractivity contribution >= 4 is 17.3 Å². The van der Waals surface area contributed by atoms with E-state index in [4.69, 9.17) is 0 Å². The molecule has 0 saturated carbocycles. The van der Waals surface area contributed by atoms with E-state index in [1.165, 1.54) is 6.07 Å². The zero-order chi connectivity index (χ0) is 15.2. The van der Waals surface area contributed by atoms with E-state index in [1.807, 2.05) is 19.1 Å². The van der Waals surface area contributed by atoms with Crippen molar-refractivity contribution in [3.63, 3.8) is 0 Å². The third kappa shape index (κ3) is 4.15. The van der Waals surface area contributed by atoms with Crippen molar-refractivity contribution < 1.29 is 4.39 Å². The van der Waals surface area contributed by atoms with E-state index in [9.17, 15) is 4.39 Å². The van der Waals surface area contributed by atoms with Gasteiger partial charge in [0.25, 0.3) is 0 Å². The molecule has 4 nitrogen and oxygen atoms in total. The predicted octanol–water partition coefficient (Wildman–Crippen LogP) is 4.05. The first-order chi connectivity index (χ1) is 10.1. The lowest BCUT2D eigenvalue weighted by molar-refractivity contribution is 0.619. The summed E-state index contributed by atoms with van der Waals surface area (Å²) < 4.78 is 13.6. The molecular weight excluding hydrogens is 267 g/mol. The predicted molar refractivity (Wildman–Crippen MR) is 84.6 cm³/mol. The zero-order valence-corrected chi connectivity index (χ0v) is 12.7. The van der Waals surface area contributed by atoms with E-state index in [1.54, 1.807) is 13.0 Å². The van der Waals surface area contributed by atoms with Crippen LogP contribution >= 0.6 is 0 Å². The number of benzene rings is 1. The van der Waals surface area contributed by atoms with Gasteiger partial charge in [-0.1, -0.05) is 13.0 Å². The van der Waals surface area contributed by atoms with Gasteiger partial charge < -0.3 is 10.6 Å². The second-order valence-corrected chi connectivity index (χ2v) is 4.92. The topological polar surface area (TPSA) is 49.8 Å². The fourth-order valence-electron chi connectivity index (χ4n) is 1.99. The van der Waals surface area contributed by atoms with E-state index in [0.717, 1.165) is 31.0 Å². The van der Waals surface area contributed by atoms with Crippen LogP contribution in [0.3, 0.4) is 0 Å². The highest BCUT2D eigenvalue weighted by Crippen LogP contribution is 2.20. The Balaban J connectivity index is 2.26. The molecule has 0 aliphatic heterocycles. The highest BCUT2D eigenvalue weighted by molar-refractivity contribution is 5.59. The van der Waals surface area contributed by atoms with Crippen molar-refractivity contribution in [1.82, 2.24) is 9.97 Å². The molecule has 0 fully saturated rings. The average Bonchev–Trinajstić information content (AvgIpc) is 2.43. The summed E-state index contributed by atoms with van der Waals surface area (Å²) in [4.78, 5) is 8.92. The summed E-state index contributed by atoms with van der Waals surface area (Å²) in [6, 6.07) is 6.90. The van der Waals surface area contributed by atoms with E-state index < -0.39 is 0 Å². The molecule has 0 spiro atoms. The van der Waals surface area contributed by atoms with Crippen LogP contribution in [0.1, 0.15) is 31.7 Å². The van der Waals surface area contributed by atoms with Gasteiger partial charge >= 0.3 is 0 Å². The normalized spacial score (nSPS) is 10.5. The van der Waals surface area contributed by atoms with Gasteiger partial charge in [-0.25, -0.2) is 14.4 Å². The van der Waals surface area contributed by atoms with Crippen molar-refractivity contribution in [2.24, 2.45) is 0 Å². The van der Waals surface area contributed by atoms with Gasteiger partial charge in [0.1, 0.15) is 23.3 Å². The van der Waals surface area contributed by atoms with Gasteiger partial charge in [0.15, 0.2) is 0 Å². The first-order valence-electron chi connectivity index (χ1n) is 7.27. The van der Waals surface area contributed by atoms with E-state index in [2.05, 4.69) is 27.5 Å². The molecule has 2 N–H and O–H groups in total. The molecule has 0 unspecified atom stereocenters. The summed E-state index contributed by atoms with van der Waals surface area (Å²) in [6.07, 6.45) is 1.80. The van der Waals surface area contributed by atoms with Crippen LogP contribution in [0.25, 0.3) is 0 Å². The van der Waals surface area contributed by atoms with Gasteiger partial charge in [0, 0.05) is 24.7 Å². The van der Waals surface area contributed by atoms with Gasteiger partial charge in [-0.15, -0.1) is 0 Å². The lowest BCUT2D eigenvalue weighted by Crippen LogP contribution is -2.06. The third-order valence-electron chi connectivity index (χ3n) is 3.05. The minimum atomic E-state index is -0.227. The SMILES string of the molecule is CCCc1nc(NCC)cc(Nc2ccc(C)c(F)c2)n1. The van der Waals surface area contributed by atoms with Crippen molar-refractivity contribution in [1.29, 1.82) is 0 Å². The van der Waals surface area contributed by atoms with E-state index in [-0.39, 0.29) is 5.82 Å². The number of halogens is 1. The fraction of sp³-hybridized carbons (Fsp3) is 0.375. The molecule has 1 aromatic carbocycles. The van der Waals surface area contributed by atoms with Crippen LogP contribution in [-0.4, -0.2) is 16.5 Å². The number of nitrogens with zero attached hydrogens (tertiary/aromatic N) is 2. The van der Waals surface area contributed by atoms with Crippen molar-refractivity contribution in [2.45, 2.75) is 33.6 Å². The number of rotatable bonds is 6. The maximum absolute atomic E-state index is 13.6. The molecule has 0 aliphatic rings. The molecule has 0 atom stereocenters. The smallest absolute Gasteiger partial charge is 0.136 e. The molecule has 21 heavy (non-hydrogen) atoms. The van der Waals surface area contributed by atoms with Crippen LogP contribution in [0.2, 0.25) is 0 Å². The lowest BCUT2D eigenvalue weighted by Gasteiger charge is -2.11. The van der Waals surface area contributed by atoms with Gasteiger partial charge in [0.05, 0.1) is 0 Å². The molecule has 0 saturated heterocycles. The molecule has 0 amide bonds. The summed E-state index contributed by atoms with van der Waals surface area (Å²) in [5, 5.41) is 6.33. The minimum Gasteiger partial charge on any atom is -0.370 e. The van der Waals surface area contributed by atoms with Crippen LogP contribution in [0.4, 0.5) is 21.7 Å². The minimum absolute atomic E-state index is 0.227. The Kier molecular flexibility index (Phi) is 5.09. The Hall–Kier alpha value is -2.17. The number of aromatic nitrogens is 2. The van der Waals surface area contributed by atoms with Gasteiger partial charge in [0.2, 0.25) is 0 Å². The van der Waals surface area contributed by atoms with Crippen LogP contribution < -0.4 is 10.6 Å². The van der Waals surface area contributed by atoms with Gasteiger partial charge in [-0.05, 0) is 38.0 Å². The van der Waals surface area contributed by atoms with Crippen molar-refractivity contribution in [2.75, 3.05) is 17.2 Å². The Morgan fingerprint density at radius 3 is 2.52 bits per heavy atom. The lowest BCUT2D eigenvalue weighted by atomic mass is 10.2. The quantitative estimate of drug-likeness (QED) is 0.842. The van der Waals surface area contributed by atoms with Crippen LogP contribution in [0.15, 0.2) is 24.3 Å². The summed E-state index contributed by atoms with van der Waals surface area (Å²) in [5.41, 5.74) is 1.31. The molecule has 112 valence electrons. The van der Waals surface area contributed by atoms with Crippen molar-refractivity contribution in [3.05, 3.63) is 41.5 Å². The number of nitrogens with one attached hydrogen (secondary N) is 2.